The number of hydrogen-bond donors (Lipinski definition) is 2. The Balaban J connectivity index is 1.62. The van der Waals surface area contributed by atoms with Crippen LogP contribution >= 0.6 is 0 Å². The van der Waals surface area contributed by atoms with Crippen molar-refractivity contribution in [2.45, 2.75) is 46.7 Å². The summed E-state index contributed by atoms with van der Waals surface area (Å²) in [6.07, 6.45) is 4.37. The van der Waals surface area contributed by atoms with Gasteiger partial charge >= 0.3 is 0 Å². The fourth-order valence-corrected chi connectivity index (χ4v) is 2.96. The Morgan fingerprint density at radius 1 is 1.27 bits per heavy atom. The number of aromatic nitrogens is 2. The summed E-state index contributed by atoms with van der Waals surface area (Å²) >= 11 is 0. The van der Waals surface area contributed by atoms with Crippen molar-refractivity contribution in [1.29, 1.82) is 0 Å². The molecule has 7 nitrogen and oxygen atoms in total. The van der Waals surface area contributed by atoms with E-state index in [2.05, 4.69) is 43.5 Å². The molecular weight excluding hydrogens is 328 g/mol. The lowest BCUT2D eigenvalue weighted by atomic mass is 10.2. The van der Waals surface area contributed by atoms with Crippen molar-refractivity contribution in [1.82, 2.24) is 20.6 Å². The minimum atomic E-state index is 0.510. The second kappa shape index (κ2) is 8.69. The van der Waals surface area contributed by atoms with Gasteiger partial charge in [-0.3, -0.25) is 0 Å². The van der Waals surface area contributed by atoms with Gasteiger partial charge in [0.25, 0.3) is 0 Å². The molecule has 0 amide bonds. The quantitative estimate of drug-likeness (QED) is 0.612. The Labute approximate surface area is 154 Å². The lowest BCUT2D eigenvalue weighted by Gasteiger charge is -2.16. The number of rotatable bonds is 6. The molecule has 0 spiro atoms. The molecule has 1 aliphatic heterocycles. The zero-order valence-corrected chi connectivity index (χ0v) is 15.9. The Kier molecular flexibility index (Phi) is 6.09. The van der Waals surface area contributed by atoms with Gasteiger partial charge in [0.2, 0.25) is 5.89 Å². The molecule has 0 saturated carbocycles. The SMILES string of the molecule is CCNC(=NCc1ccnc(N2CCCC2)c1)NCc1nc(C)c(C)o1. The summed E-state index contributed by atoms with van der Waals surface area (Å²) in [5, 5.41) is 6.53. The highest BCUT2D eigenvalue weighted by atomic mass is 16.4. The molecule has 1 aliphatic rings. The van der Waals surface area contributed by atoms with E-state index in [1.807, 2.05) is 26.1 Å². The van der Waals surface area contributed by atoms with Crippen LogP contribution in [0.4, 0.5) is 5.82 Å². The molecule has 0 aliphatic carbocycles. The van der Waals surface area contributed by atoms with E-state index in [1.165, 1.54) is 12.8 Å². The van der Waals surface area contributed by atoms with E-state index in [0.717, 1.165) is 48.4 Å². The van der Waals surface area contributed by atoms with E-state index >= 15 is 0 Å². The molecule has 26 heavy (non-hydrogen) atoms. The molecule has 0 aromatic carbocycles. The molecule has 3 heterocycles. The molecule has 0 unspecified atom stereocenters. The van der Waals surface area contributed by atoms with Crippen molar-refractivity contribution in [3.05, 3.63) is 41.2 Å². The monoisotopic (exact) mass is 356 g/mol. The lowest BCUT2D eigenvalue weighted by Crippen LogP contribution is -2.36. The lowest BCUT2D eigenvalue weighted by molar-refractivity contribution is 0.463. The van der Waals surface area contributed by atoms with Crippen LogP contribution in [-0.4, -0.2) is 35.6 Å². The average molecular weight is 356 g/mol. The maximum Gasteiger partial charge on any atom is 0.214 e. The van der Waals surface area contributed by atoms with Crippen LogP contribution in [0, 0.1) is 13.8 Å². The highest BCUT2D eigenvalue weighted by molar-refractivity contribution is 5.79. The van der Waals surface area contributed by atoms with Crippen LogP contribution in [0.5, 0.6) is 0 Å². The third-order valence-corrected chi connectivity index (χ3v) is 4.48. The Morgan fingerprint density at radius 3 is 2.77 bits per heavy atom. The van der Waals surface area contributed by atoms with Gasteiger partial charge in [-0.2, -0.15) is 0 Å². The standard InChI is InChI=1S/C19H28N6O/c1-4-20-19(23-13-18-24-14(2)15(3)26-18)22-12-16-7-8-21-17(11-16)25-9-5-6-10-25/h7-8,11H,4-6,9-10,12-13H2,1-3H3,(H2,20,22,23). The van der Waals surface area contributed by atoms with Crippen molar-refractivity contribution in [2.24, 2.45) is 4.99 Å². The van der Waals surface area contributed by atoms with Gasteiger partial charge in [-0.25, -0.2) is 15.0 Å². The predicted molar refractivity (Wildman–Crippen MR) is 103 cm³/mol. The first-order chi connectivity index (χ1) is 12.7. The highest BCUT2D eigenvalue weighted by Gasteiger charge is 2.13. The number of aliphatic imine (C=N–C) groups is 1. The van der Waals surface area contributed by atoms with Crippen LogP contribution in [0.25, 0.3) is 0 Å². The number of guanidine groups is 1. The average Bonchev–Trinajstić information content (AvgIpc) is 3.28. The second-order valence-corrected chi connectivity index (χ2v) is 6.51. The molecule has 0 atom stereocenters. The number of nitrogens with zero attached hydrogens (tertiary/aromatic N) is 4. The zero-order chi connectivity index (χ0) is 18.4. The summed E-state index contributed by atoms with van der Waals surface area (Å²) in [6, 6.07) is 4.16. The first kappa shape index (κ1) is 18.2. The van der Waals surface area contributed by atoms with Crippen LogP contribution in [0.1, 0.15) is 42.7 Å². The number of anilines is 1. The van der Waals surface area contributed by atoms with Gasteiger partial charge in [0.1, 0.15) is 11.6 Å². The summed E-state index contributed by atoms with van der Waals surface area (Å²) in [5.74, 6) is 3.33. The number of hydrogen-bond acceptors (Lipinski definition) is 5. The van der Waals surface area contributed by atoms with Gasteiger partial charge in [-0.1, -0.05) is 0 Å². The molecule has 140 valence electrons. The summed E-state index contributed by atoms with van der Waals surface area (Å²) < 4.78 is 5.61. The highest BCUT2D eigenvalue weighted by Crippen LogP contribution is 2.18. The largest absolute Gasteiger partial charge is 0.444 e. The van der Waals surface area contributed by atoms with Crippen LogP contribution in [0.15, 0.2) is 27.7 Å². The molecule has 0 bridgehead atoms. The summed E-state index contributed by atoms with van der Waals surface area (Å²) in [5.41, 5.74) is 2.08. The molecule has 2 N–H and O–H groups in total. The van der Waals surface area contributed by atoms with Crippen molar-refractivity contribution in [2.75, 3.05) is 24.5 Å². The Bertz CT molecular complexity index is 729. The predicted octanol–water partition coefficient (Wildman–Crippen LogP) is 2.54. The van der Waals surface area contributed by atoms with E-state index < -0.39 is 0 Å². The van der Waals surface area contributed by atoms with Crippen LogP contribution in [-0.2, 0) is 13.1 Å². The fourth-order valence-electron chi connectivity index (χ4n) is 2.96. The van der Waals surface area contributed by atoms with Crippen molar-refractivity contribution < 1.29 is 4.42 Å². The van der Waals surface area contributed by atoms with Gasteiger partial charge in [0.05, 0.1) is 18.8 Å². The summed E-state index contributed by atoms with van der Waals surface area (Å²) in [6.45, 7) is 10.0. The fraction of sp³-hybridized carbons (Fsp3) is 0.526. The van der Waals surface area contributed by atoms with E-state index in [-0.39, 0.29) is 0 Å². The number of nitrogens with one attached hydrogen (secondary N) is 2. The molecule has 2 aromatic rings. The Morgan fingerprint density at radius 2 is 2.08 bits per heavy atom. The molecule has 2 aromatic heterocycles. The van der Waals surface area contributed by atoms with E-state index in [1.54, 1.807) is 0 Å². The maximum atomic E-state index is 5.61. The van der Waals surface area contributed by atoms with Crippen molar-refractivity contribution in [3.63, 3.8) is 0 Å². The molecule has 1 fully saturated rings. The molecule has 7 heteroatoms. The van der Waals surface area contributed by atoms with E-state index in [0.29, 0.717) is 19.0 Å². The first-order valence-corrected chi connectivity index (χ1v) is 9.30. The smallest absolute Gasteiger partial charge is 0.214 e. The normalized spacial score (nSPS) is 14.7. The molecule has 1 saturated heterocycles. The maximum absolute atomic E-state index is 5.61. The van der Waals surface area contributed by atoms with E-state index in [4.69, 9.17) is 4.42 Å². The molecule has 3 rings (SSSR count). The van der Waals surface area contributed by atoms with Gasteiger partial charge in [-0.05, 0) is 51.3 Å². The first-order valence-electron chi connectivity index (χ1n) is 9.30. The second-order valence-electron chi connectivity index (χ2n) is 6.51. The Hall–Kier alpha value is -2.57. The van der Waals surface area contributed by atoms with Gasteiger partial charge in [0, 0.05) is 25.8 Å². The molecular formula is C19H28N6O. The number of aryl methyl sites for hydroxylation is 2. The minimum absolute atomic E-state index is 0.510. The van der Waals surface area contributed by atoms with Gasteiger partial charge in [-0.15, -0.1) is 0 Å². The topological polar surface area (TPSA) is 78.6 Å². The van der Waals surface area contributed by atoms with Gasteiger partial charge < -0.3 is 20.0 Å². The minimum Gasteiger partial charge on any atom is -0.444 e. The van der Waals surface area contributed by atoms with Crippen LogP contribution < -0.4 is 15.5 Å². The van der Waals surface area contributed by atoms with Gasteiger partial charge in [0.15, 0.2) is 5.96 Å². The summed E-state index contributed by atoms with van der Waals surface area (Å²) in [7, 11) is 0. The zero-order valence-electron chi connectivity index (χ0n) is 15.9. The molecule has 0 radical (unpaired) electrons. The van der Waals surface area contributed by atoms with Crippen molar-refractivity contribution in [3.8, 4) is 0 Å². The van der Waals surface area contributed by atoms with E-state index in [9.17, 15) is 0 Å². The van der Waals surface area contributed by atoms with Crippen molar-refractivity contribution >= 4 is 11.8 Å². The third kappa shape index (κ3) is 4.74. The third-order valence-electron chi connectivity index (χ3n) is 4.48. The van der Waals surface area contributed by atoms with Crippen LogP contribution in [0.3, 0.4) is 0 Å². The summed E-state index contributed by atoms with van der Waals surface area (Å²) in [4.78, 5) is 15.9. The number of oxazole rings is 1. The van der Waals surface area contributed by atoms with Crippen LogP contribution in [0.2, 0.25) is 0 Å². The number of pyridine rings is 1.